The molecule has 4 rings (SSSR count). The molecule has 0 radical (unpaired) electrons. The van der Waals surface area contributed by atoms with Crippen molar-refractivity contribution in [2.45, 2.75) is 18.9 Å². The molecule has 0 aromatic carbocycles. The van der Waals surface area contributed by atoms with Gasteiger partial charge in [-0.15, -0.1) is 0 Å². The number of nitrogens with zero attached hydrogens (tertiary/aromatic N) is 6. The number of hydrogen-bond donors (Lipinski definition) is 1. The summed E-state index contributed by atoms with van der Waals surface area (Å²) in [5, 5.41) is 6.90. The third-order valence-corrected chi connectivity index (χ3v) is 3.61. The number of H-pyrrole nitrogens is 1. The first-order valence-corrected chi connectivity index (χ1v) is 6.61. The molecule has 0 aliphatic carbocycles. The van der Waals surface area contributed by atoms with E-state index < -0.39 is 0 Å². The van der Waals surface area contributed by atoms with Gasteiger partial charge in [-0.2, -0.15) is 5.10 Å². The fourth-order valence-electron chi connectivity index (χ4n) is 2.71. The summed E-state index contributed by atoms with van der Waals surface area (Å²) in [6.45, 7) is 0.962. The maximum atomic E-state index is 4.61. The molecule has 0 amide bonds. The number of anilines is 1. The van der Waals surface area contributed by atoms with Crippen molar-refractivity contribution in [1.29, 1.82) is 0 Å². The average Bonchev–Trinajstić information content (AvgIpc) is 3.17. The number of nitrogens with one attached hydrogen (secondary N) is 1. The Morgan fingerprint density at radius 1 is 1.15 bits per heavy atom. The van der Waals surface area contributed by atoms with E-state index in [1.165, 1.54) is 0 Å². The molecule has 1 fully saturated rings. The minimum absolute atomic E-state index is 0.208. The number of aromatic amines is 1. The molecule has 1 aliphatic rings. The fraction of sp³-hybridized carbons (Fsp3) is 0.308. The second-order valence-electron chi connectivity index (χ2n) is 4.79. The maximum Gasteiger partial charge on any atom is 0.180 e. The molecular formula is C13H13N7. The molecule has 7 nitrogen and oxygen atoms in total. The van der Waals surface area contributed by atoms with Gasteiger partial charge in [-0.25, -0.2) is 15.0 Å². The smallest absolute Gasteiger partial charge is 0.180 e. The number of hydrogen-bond acceptors (Lipinski definition) is 6. The Kier molecular flexibility index (Phi) is 2.55. The van der Waals surface area contributed by atoms with Gasteiger partial charge in [0, 0.05) is 18.9 Å². The molecule has 3 aromatic heterocycles. The first kappa shape index (κ1) is 11.3. The van der Waals surface area contributed by atoms with Crippen LogP contribution in [0.2, 0.25) is 0 Å². The molecule has 1 atom stereocenters. The first-order chi connectivity index (χ1) is 9.92. The van der Waals surface area contributed by atoms with E-state index in [-0.39, 0.29) is 6.04 Å². The Hall–Kier alpha value is -2.57. The Morgan fingerprint density at radius 3 is 3.00 bits per heavy atom. The Balaban J connectivity index is 1.74. The van der Waals surface area contributed by atoms with E-state index in [4.69, 9.17) is 0 Å². The number of aromatic nitrogens is 6. The van der Waals surface area contributed by atoms with Crippen LogP contribution in [0.3, 0.4) is 0 Å². The van der Waals surface area contributed by atoms with Gasteiger partial charge in [-0.1, -0.05) is 0 Å². The van der Waals surface area contributed by atoms with Crippen LogP contribution in [-0.2, 0) is 0 Å². The van der Waals surface area contributed by atoms with Crippen LogP contribution in [0.5, 0.6) is 0 Å². The van der Waals surface area contributed by atoms with Gasteiger partial charge in [0.2, 0.25) is 0 Å². The Morgan fingerprint density at radius 2 is 2.10 bits per heavy atom. The molecule has 1 saturated heterocycles. The highest BCUT2D eigenvalue weighted by molar-refractivity contribution is 5.71. The largest absolute Gasteiger partial charge is 0.346 e. The molecule has 0 saturated carbocycles. The number of pyridine rings is 1. The lowest BCUT2D eigenvalue weighted by molar-refractivity contribution is 0.664. The van der Waals surface area contributed by atoms with Crippen molar-refractivity contribution in [3.8, 4) is 0 Å². The van der Waals surface area contributed by atoms with Crippen LogP contribution in [-0.4, -0.2) is 36.7 Å². The minimum atomic E-state index is 0.208. The van der Waals surface area contributed by atoms with E-state index in [2.05, 4.69) is 35.0 Å². The molecule has 4 heterocycles. The van der Waals surface area contributed by atoms with Crippen LogP contribution in [0.15, 0.2) is 30.9 Å². The summed E-state index contributed by atoms with van der Waals surface area (Å²) < 4.78 is 0. The summed E-state index contributed by atoms with van der Waals surface area (Å²) in [5.41, 5.74) is 1.49. The topological polar surface area (TPSA) is 83.5 Å². The second-order valence-corrected chi connectivity index (χ2v) is 4.79. The number of fused-ring (bicyclic) bond motifs is 1. The van der Waals surface area contributed by atoms with Gasteiger partial charge in [0.1, 0.15) is 23.5 Å². The standard InChI is InChI=1S/C13H13N7/c1-2-10(13-16-8-17-19-13)20(7-1)11-4-3-9-12(18-11)15-6-5-14-9/h3-6,8,10H,1-2,7H2,(H,16,17,19)/t10-/m0/s1. The van der Waals surface area contributed by atoms with Gasteiger partial charge in [-0.05, 0) is 25.0 Å². The predicted molar refractivity (Wildman–Crippen MR) is 73.0 cm³/mol. The van der Waals surface area contributed by atoms with Gasteiger partial charge >= 0.3 is 0 Å². The fourth-order valence-corrected chi connectivity index (χ4v) is 2.71. The van der Waals surface area contributed by atoms with Crippen molar-refractivity contribution < 1.29 is 0 Å². The summed E-state index contributed by atoms with van der Waals surface area (Å²) >= 11 is 0. The Labute approximate surface area is 115 Å². The van der Waals surface area contributed by atoms with E-state index in [9.17, 15) is 0 Å². The third-order valence-electron chi connectivity index (χ3n) is 3.61. The minimum Gasteiger partial charge on any atom is -0.346 e. The summed E-state index contributed by atoms with van der Waals surface area (Å²) in [6, 6.07) is 4.16. The van der Waals surface area contributed by atoms with Gasteiger partial charge in [0.05, 0.1) is 6.04 Å². The normalized spacial score (nSPS) is 18.8. The summed E-state index contributed by atoms with van der Waals surface area (Å²) in [4.78, 5) is 19.6. The molecular weight excluding hydrogens is 254 g/mol. The lowest BCUT2D eigenvalue weighted by Gasteiger charge is -2.23. The van der Waals surface area contributed by atoms with Crippen LogP contribution in [0.1, 0.15) is 24.7 Å². The van der Waals surface area contributed by atoms with Crippen molar-refractivity contribution >= 4 is 17.0 Å². The molecule has 1 aliphatic heterocycles. The van der Waals surface area contributed by atoms with Gasteiger partial charge in [0.25, 0.3) is 0 Å². The average molecular weight is 267 g/mol. The third kappa shape index (κ3) is 1.78. The lowest BCUT2D eigenvalue weighted by atomic mass is 10.2. The quantitative estimate of drug-likeness (QED) is 0.757. The van der Waals surface area contributed by atoms with Crippen LogP contribution in [0.25, 0.3) is 11.2 Å². The van der Waals surface area contributed by atoms with E-state index >= 15 is 0 Å². The van der Waals surface area contributed by atoms with Crippen LogP contribution < -0.4 is 4.90 Å². The number of rotatable bonds is 2. The molecule has 0 bridgehead atoms. The SMILES string of the molecule is c1n[nH]c([C@@H]2CCCN2c2ccc3nccnc3n2)n1. The van der Waals surface area contributed by atoms with Crippen molar-refractivity contribution in [2.75, 3.05) is 11.4 Å². The van der Waals surface area contributed by atoms with Crippen molar-refractivity contribution in [3.63, 3.8) is 0 Å². The molecule has 3 aromatic rings. The van der Waals surface area contributed by atoms with Crippen LogP contribution in [0.4, 0.5) is 5.82 Å². The van der Waals surface area contributed by atoms with Gasteiger partial charge < -0.3 is 4.90 Å². The maximum absolute atomic E-state index is 4.61. The summed E-state index contributed by atoms with van der Waals surface area (Å²) in [6.07, 6.45) is 7.06. The molecule has 100 valence electrons. The van der Waals surface area contributed by atoms with Crippen LogP contribution in [0, 0.1) is 0 Å². The lowest BCUT2D eigenvalue weighted by Crippen LogP contribution is -2.24. The van der Waals surface area contributed by atoms with E-state index in [0.717, 1.165) is 36.5 Å². The highest BCUT2D eigenvalue weighted by Crippen LogP contribution is 2.33. The van der Waals surface area contributed by atoms with E-state index in [0.29, 0.717) is 5.65 Å². The molecule has 1 N–H and O–H groups in total. The monoisotopic (exact) mass is 267 g/mol. The summed E-state index contributed by atoms with van der Waals surface area (Å²) in [7, 11) is 0. The van der Waals surface area contributed by atoms with Crippen molar-refractivity contribution in [2.24, 2.45) is 0 Å². The zero-order chi connectivity index (χ0) is 13.4. The van der Waals surface area contributed by atoms with E-state index in [1.807, 2.05) is 12.1 Å². The highest BCUT2D eigenvalue weighted by Gasteiger charge is 2.29. The molecule has 20 heavy (non-hydrogen) atoms. The van der Waals surface area contributed by atoms with Crippen LogP contribution >= 0.6 is 0 Å². The second kappa shape index (κ2) is 4.52. The molecule has 0 spiro atoms. The summed E-state index contributed by atoms with van der Waals surface area (Å²) in [5.74, 6) is 1.81. The zero-order valence-corrected chi connectivity index (χ0v) is 10.8. The molecule has 0 unspecified atom stereocenters. The van der Waals surface area contributed by atoms with E-state index in [1.54, 1.807) is 18.7 Å². The van der Waals surface area contributed by atoms with Gasteiger partial charge in [0.15, 0.2) is 5.65 Å². The Bertz CT molecular complexity index is 724. The van der Waals surface area contributed by atoms with Crippen molar-refractivity contribution in [3.05, 3.63) is 36.7 Å². The predicted octanol–water partition coefficient (Wildman–Crippen LogP) is 1.48. The first-order valence-electron chi connectivity index (χ1n) is 6.61. The van der Waals surface area contributed by atoms with Gasteiger partial charge in [-0.3, -0.25) is 10.1 Å². The highest BCUT2D eigenvalue weighted by atomic mass is 15.3. The zero-order valence-electron chi connectivity index (χ0n) is 10.8. The van der Waals surface area contributed by atoms with Crippen molar-refractivity contribution in [1.82, 2.24) is 30.1 Å². The molecule has 7 heteroatoms.